The van der Waals surface area contributed by atoms with E-state index in [0.717, 1.165) is 58.5 Å². The molecule has 0 spiro atoms. The van der Waals surface area contributed by atoms with E-state index in [1.807, 2.05) is 0 Å². The second-order valence-electron chi connectivity index (χ2n) is 20.5. The van der Waals surface area contributed by atoms with Crippen molar-refractivity contribution in [2.45, 2.75) is 142 Å². The number of unbranched alkanes of at least 4 members (excludes halogenated alkanes) is 4. The number of carboxylic acid groups (broad SMARTS) is 1. The fourth-order valence-corrected chi connectivity index (χ4v) is 9.18. The first-order valence-electron chi connectivity index (χ1n) is 27.0. The summed E-state index contributed by atoms with van der Waals surface area (Å²) in [5.41, 5.74) is 1.65. The third-order valence-electron chi connectivity index (χ3n) is 12.8. The standard InChI is InChI=1S/C55H71N7O23/c1-30-23-39-49(68)62(38-26-42(41(74-8)25-35(38)48(67)61(39)27-30)77-19-14-12-10-11-13-18-60-28-37(50(69)70)57-59-60)54(73)78-29-34-15-16-40(36(24-34)47(66)56-17-20-76-21-22-79-58-53(72)85-55(5,6)7)83-52-46(82-33(4)65)44(81-32(3)64)43(80-31(2)63)45(84-52)51(71)75-9/h15-16,24-26,28,39,43-46,49,52,68H,1,10-14,17-23,27,29H2,2-9H3,(H,56,66)(H,58,72)(H,69,70)/t39-,43-,44-,45-,46+,49?,52+/m0/s1. The molecule has 2 aromatic carbocycles. The molecule has 30 nitrogen and oxygen atoms in total. The normalized spacial score (nSPS) is 19.9. The first kappa shape index (κ1) is 65.5. The van der Waals surface area contributed by atoms with Gasteiger partial charge in [0, 0.05) is 46.5 Å². The summed E-state index contributed by atoms with van der Waals surface area (Å²) in [6.07, 6.45) is -7.34. The molecule has 2 fully saturated rings. The Morgan fingerprint density at radius 1 is 0.835 bits per heavy atom. The van der Waals surface area contributed by atoms with E-state index in [1.54, 1.807) is 20.8 Å². The molecule has 0 bridgehead atoms. The highest BCUT2D eigenvalue weighted by Crippen LogP contribution is 2.42. The van der Waals surface area contributed by atoms with Gasteiger partial charge in [0.2, 0.25) is 12.4 Å². The van der Waals surface area contributed by atoms with Crippen molar-refractivity contribution in [1.82, 2.24) is 30.7 Å². The van der Waals surface area contributed by atoms with Crippen molar-refractivity contribution in [2.75, 3.05) is 58.6 Å². The van der Waals surface area contributed by atoms with E-state index in [0.29, 0.717) is 18.5 Å². The number of aliphatic hydroxyl groups is 1. The van der Waals surface area contributed by atoms with Gasteiger partial charge in [0.15, 0.2) is 41.7 Å². The Balaban J connectivity index is 1.24. The highest BCUT2D eigenvalue weighted by atomic mass is 16.7. The van der Waals surface area contributed by atoms with Gasteiger partial charge >= 0.3 is 42.0 Å². The zero-order chi connectivity index (χ0) is 62.1. The predicted octanol–water partition coefficient (Wildman–Crippen LogP) is 3.53. The van der Waals surface area contributed by atoms with Crippen LogP contribution in [0.1, 0.15) is 117 Å². The van der Waals surface area contributed by atoms with Crippen LogP contribution >= 0.6 is 0 Å². The van der Waals surface area contributed by atoms with Crippen LogP contribution in [-0.2, 0) is 75.1 Å². The van der Waals surface area contributed by atoms with E-state index in [-0.39, 0.29) is 91.3 Å². The molecule has 4 amide bonds. The third-order valence-corrected chi connectivity index (χ3v) is 12.8. The van der Waals surface area contributed by atoms with Crippen molar-refractivity contribution in [3.63, 3.8) is 0 Å². The molecule has 2 saturated heterocycles. The number of aryl methyl sites for hydroxylation is 1. The summed E-state index contributed by atoms with van der Waals surface area (Å²) in [5, 5.41) is 31.3. The van der Waals surface area contributed by atoms with E-state index in [9.17, 15) is 48.3 Å². The third kappa shape index (κ3) is 18.2. The van der Waals surface area contributed by atoms with Crippen LogP contribution in [0.2, 0.25) is 0 Å². The lowest BCUT2D eigenvalue weighted by Gasteiger charge is -2.43. The van der Waals surface area contributed by atoms with E-state index in [2.05, 4.69) is 27.7 Å². The van der Waals surface area contributed by atoms with Crippen LogP contribution in [0.25, 0.3) is 0 Å². The van der Waals surface area contributed by atoms with Crippen molar-refractivity contribution in [3.8, 4) is 17.2 Å². The Morgan fingerprint density at radius 3 is 2.20 bits per heavy atom. The minimum Gasteiger partial charge on any atom is -0.493 e. The van der Waals surface area contributed by atoms with Gasteiger partial charge in [-0.15, -0.1) is 5.10 Å². The molecule has 0 saturated carbocycles. The molecule has 85 heavy (non-hydrogen) atoms. The molecule has 3 aromatic rings. The lowest BCUT2D eigenvalue weighted by Crippen LogP contribution is -2.64. The maximum absolute atomic E-state index is 14.6. The number of rotatable bonds is 27. The summed E-state index contributed by atoms with van der Waals surface area (Å²) < 4.78 is 63.2. The average Bonchev–Trinajstić information content (AvgIpc) is 1.98. The van der Waals surface area contributed by atoms with Crippen LogP contribution < -0.4 is 29.9 Å². The van der Waals surface area contributed by atoms with Gasteiger partial charge in [-0.1, -0.05) is 42.7 Å². The number of amides is 4. The number of nitrogens with zero attached hydrogens (tertiary/aromatic N) is 5. The highest BCUT2D eigenvalue weighted by Gasteiger charge is 2.56. The number of nitrogens with one attached hydrogen (secondary N) is 2. The number of hydroxylamine groups is 1. The number of anilines is 1. The summed E-state index contributed by atoms with van der Waals surface area (Å²) in [6.45, 7) is 12.0. The zero-order valence-electron chi connectivity index (χ0n) is 48.3. The Kier molecular flexibility index (Phi) is 23.3. The monoisotopic (exact) mass is 1200 g/mol. The first-order valence-corrected chi connectivity index (χ1v) is 27.0. The number of benzene rings is 2. The number of aliphatic hydroxyl groups excluding tert-OH is 1. The highest BCUT2D eigenvalue weighted by molar-refractivity contribution is 6.06. The number of methoxy groups -OCH3 is 2. The van der Waals surface area contributed by atoms with E-state index in [4.69, 9.17) is 62.0 Å². The molecule has 30 heteroatoms. The fourth-order valence-electron chi connectivity index (χ4n) is 9.18. The molecule has 4 heterocycles. The van der Waals surface area contributed by atoms with Gasteiger partial charge in [0.1, 0.15) is 18.0 Å². The number of carboxylic acids is 1. The Hall–Kier alpha value is -8.61. The average molecular weight is 1200 g/mol. The number of fused-ring (bicyclic) bond motifs is 2. The number of aromatic carboxylic acids is 1. The molecule has 7 atom stereocenters. The number of carbonyl (C=O) groups is 9. The van der Waals surface area contributed by atoms with Gasteiger partial charge in [-0.05, 0) is 63.8 Å². The Morgan fingerprint density at radius 2 is 1.53 bits per heavy atom. The second kappa shape index (κ2) is 30.3. The van der Waals surface area contributed by atoms with Crippen LogP contribution in [0.15, 0.2) is 48.7 Å². The molecule has 1 unspecified atom stereocenters. The number of ether oxygens (including phenoxy) is 11. The van der Waals surface area contributed by atoms with E-state index < -0.39 is 109 Å². The molecule has 1 aromatic heterocycles. The molecular weight excluding hydrogens is 1130 g/mol. The maximum atomic E-state index is 14.6. The summed E-state index contributed by atoms with van der Waals surface area (Å²) in [5.74, 6) is -6.43. The number of hydrogen-bond donors (Lipinski definition) is 4. The van der Waals surface area contributed by atoms with Crippen LogP contribution in [0, 0.1) is 0 Å². The summed E-state index contributed by atoms with van der Waals surface area (Å²) >= 11 is 0. The molecule has 464 valence electrons. The van der Waals surface area contributed by atoms with E-state index >= 15 is 0 Å². The van der Waals surface area contributed by atoms with Crippen LogP contribution in [-0.4, -0.2) is 186 Å². The van der Waals surface area contributed by atoms with Gasteiger partial charge in [0.25, 0.3) is 11.8 Å². The number of hydrogen-bond acceptors (Lipinski definition) is 24. The molecule has 0 radical (unpaired) electrons. The minimum atomic E-state index is -1.89. The number of carbonyl (C=O) groups excluding carboxylic acids is 8. The molecule has 3 aliphatic rings. The van der Waals surface area contributed by atoms with Crippen molar-refractivity contribution in [3.05, 3.63) is 71.1 Å². The Labute approximate surface area is 488 Å². The largest absolute Gasteiger partial charge is 0.493 e. The van der Waals surface area contributed by atoms with Gasteiger partial charge in [-0.2, -0.15) is 5.48 Å². The van der Waals surface area contributed by atoms with Crippen molar-refractivity contribution in [1.29, 1.82) is 0 Å². The summed E-state index contributed by atoms with van der Waals surface area (Å²) in [7, 11) is 2.39. The maximum Gasteiger partial charge on any atom is 0.431 e. The van der Waals surface area contributed by atoms with Gasteiger partial charge in [-0.3, -0.25) is 33.5 Å². The summed E-state index contributed by atoms with van der Waals surface area (Å²) in [4.78, 5) is 124. The SMILES string of the molecule is C=C1C[C@H]2C(O)N(C(=O)OCc3ccc(O[C@@H]4O[C@H](C(=O)OC)[C@@H](OC(C)=O)[C@H](OC(C)=O)[C@H]4OC(C)=O)c(C(=O)NCCOCCONC(=O)OC(C)(C)C)c3)c3cc(OCCCCCCCn4cc(C(=O)O)nn4)c(OC)cc3C(=O)N2C1. The fraction of sp³-hybridized carbons (Fsp3) is 0.545. The molecule has 3 aliphatic heterocycles. The van der Waals surface area contributed by atoms with Crippen molar-refractivity contribution in [2.24, 2.45) is 0 Å². The molecular formula is C55H71N7O23. The molecule has 6 rings (SSSR count). The lowest BCUT2D eigenvalue weighted by molar-refractivity contribution is -0.282. The van der Waals surface area contributed by atoms with E-state index in [1.165, 1.54) is 53.2 Å². The minimum absolute atomic E-state index is 0.0174. The smallest absolute Gasteiger partial charge is 0.431 e. The van der Waals surface area contributed by atoms with Crippen molar-refractivity contribution < 1.29 is 110 Å². The molecule has 0 aliphatic carbocycles. The molecule has 4 N–H and O–H groups in total. The van der Waals surface area contributed by atoms with Crippen LogP contribution in [0.4, 0.5) is 15.3 Å². The second-order valence-corrected chi connectivity index (χ2v) is 20.5. The van der Waals surface area contributed by atoms with Gasteiger partial charge in [-0.25, -0.2) is 24.1 Å². The number of aromatic nitrogens is 3. The predicted molar refractivity (Wildman–Crippen MR) is 289 cm³/mol. The van der Waals surface area contributed by atoms with Crippen LogP contribution in [0.3, 0.4) is 0 Å². The van der Waals surface area contributed by atoms with Gasteiger partial charge in [0.05, 0.1) is 69.7 Å². The number of esters is 4. The van der Waals surface area contributed by atoms with Crippen molar-refractivity contribution >= 4 is 59.5 Å². The quantitative estimate of drug-likeness (QED) is 0.0279. The zero-order valence-corrected chi connectivity index (χ0v) is 48.3. The topological polar surface area (TPSA) is 366 Å². The van der Waals surface area contributed by atoms with Gasteiger partial charge < -0.3 is 72.5 Å². The lowest BCUT2D eigenvalue weighted by atomic mass is 9.97. The van der Waals surface area contributed by atoms with Crippen LogP contribution in [0.5, 0.6) is 17.2 Å². The first-order chi connectivity index (χ1) is 40.4. The Bertz CT molecular complexity index is 2930. The summed E-state index contributed by atoms with van der Waals surface area (Å²) in [6, 6.07) is 5.78.